The summed E-state index contributed by atoms with van der Waals surface area (Å²) in [6, 6.07) is 4.73. The molecule has 0 aromatic carbocycles. The average molecular weight is 248 g/mol. The molecule has 100 valence electrons. The predicted molar refractivity (Wildman–Crippen MR) is 74.0 cm³/mol. The molecule has 0 unspecified atom stereocenters. The van der Waals surface area contributed by atoms with E-state index in [1.807, 2.05) is 6.07 Å². The van der Waals surface area contributed by atoms with Crippen molar-refractivity contribution in [2.75, 3.05) is 20.2 Å². The summed E-state index contributed by atoms with van der Waals surface area (Å²) in [6.45, 7) is 6.77. The highest BCUT2D eigenvalue weighted by Crippen LogP contribution is 2.32. The van der Waals surface area contributed by atoms with Gasteiger partial charge in [0.05, 0.1) is 7.11 Å². The first-order chi connectivity index (χ1) is 8.76. The Balaban J connectivity index is 2.22. The fourth-order valence-corrected chi connectivity index (χ4v) is 2.91. The standard InChI is InChI=1S/C15H24N2O/c1-4-10-17-11-6-5-7-14(17)13-8-9-15(18-3)16-12(13)2/h8-9,14H,4-7,10-11H2,1-3H3/t14-/m1/s1. The Morgan fingerprint density at radius 3 is 2.89 bits per heavy atom. The van der Waals surface area contributed by atoms with Crippen LogP contribution < -0.4 is 4.74 Å². The maximum absolute atomic E-state index is 5.19. The van der Waals surface area contributed by atoms with E-state index in [9.17, 15) is 0 Å². The molecule has 0 aliphatic carbocycles. The highest BCUT2D eigenvalue weighted by Gasteiger charge is 2.24. The van der Waals surface area contributed by atoms with E-state index < -0.39 is 0 Å². The molecule has 0 spiro atoms. The van der Waals surface area contributed by atoms with E-state index in [0.717, 1.165) is 5.69 Å². The molecule has 1 aliphatic rings. The van der Waals surface area contributed by atoms with E-state index in [4.69, 9.17) is 4.74 Å². The molecule has 3 nitrogen and oxygen atoms in total. The first-order valence-corrected chi connectivity index (χ1v) is 7.01. The van der Waals surface area contributed by atoms with Crippen LogP contribution >= 0.6 is 0 Å². The lowest BCUT2D eigenvalue weighted by molar-refractivity contribution is 0.148. The zero-order valence-corrected chi connectivity index (χ0v) is 11.8. The van der Waals surface area contributed by atoms with Crippen molar-refractivity contribution in [1.29, 1.82) is 0 Å². The van der Waals surface area contributed by atoms with Crippen molar-refractivity contribution < 1.29 is 4.74 Å². The summed E-state index contributed by atoms with van der Waals surface area (Å²) in [4.78, 5) is 7.12. The van der Waals surface area contributed by atoms with Gasteiger partial charge in [0.25, 0.3) is 0 Å². The van der Waals surface area contributed by atoms with Crippen LogP contribution in [0.3, 0.4) is 0 Å². The second kappa shape index (κ2) is 6.19. The number of hydrogen-bond acceptors (Lipinski definition) is 3. The monoisotopic (exact) mass is 248 g/mol. The number of ether oxygens (including phenoxy) is 1. The van der Waals surface area contributed by atoms with Crippen molar-refractivity contribution in [3.8, 4) is 5.88 Å². The average Bonchev–Trinajstić information content (AvgIpc) is 2.40. The smallest absolute Gasteiger partial charge is 0.213 e. The maximum atomic E-state index is 5.19. The molecule has 18 heavy (non-hydrogen) atoms. The van der Waals surface area contributed by atoms with Gasteiger partial charge >= 0.3 is 0 Å². The molecule has 0 N–H and O–H groups in total. The lowest BCUT2D eigenvalue weighted by Gasteiger charge is -2.36. The van der Waals surface area contributed by atoms with E-state index in [2.05, 4.69) is 29.8 Å². The third kappa shape index (κ3) is 2.83. The topological polar surface area (TPSA) is 25.4 Å². The fourth-order valence-electron chi connectivity index (χ4n) is 2.91. The van der Waals surface area contributed by atoms with E-state index in [1.54, 1.807) is 7.11 Å². The van der Waals surface area contributed by atoms with Crippen molar-refractivity contribution in [1.82, 2.24) is 9.88 Å². The summed E-state index contributed by atoms with van der Waals surface area (Å²) in [5.74, 6) is 0.717. The molecule has 1 aromatic heterocycles. The first kappa shape index (κ1) is 13.3. The molecular weight excluding hydrogens is 224 g/mol. The summed E-state index contributed by atoms with van der Waals surface area (Å²) in [5.41, 5.74) is 2.49. The number of pyridine rings is 1. The Morgan fingerprint density at radius 2 is 2.22 bits per heavy atom. The summed E-state index contributed by atoms with van der Waals surface area (Å²) >= 11 is 0. The van der Waals surface area contributed by atoms with Crippen molar-refractivity contribution in [3.05, 3.63) is 23.4 Å². The van der Waals surface area contributed by atoms with E-state index in [0.29, 0.717) is 11.9 Å². The van der Waals surface area contributed by atoms with Crippen LogP contribution in [0.1, 0.15) is 49.9 Å². The van der Waals surface area contributed by atoms with Gasteiger partial charge in [-0.15, -0.1) is 0 Å². The number of methoxy groups -OCH3 is 1. The zero-order chi connectivity index (χ0) is 13.0. The molecule has 2 heterocycles. The van der Waals surface area contributed by atoms with Gasteiger partial charge in [0, 0.05) is 17.8 Å². The first-order valence-electron chi connectivity index (χ1n) is 7.01. The van der Waals surface area contributed by atoms with E-state index in [1.165, 1.54) is 44.3 Å². The largest absolute Gasteiger partial charge is 0.481 e. The van der Waals surface area contributed by atoms with Gasteiger partial charge in [-0.1, -0.05) is 19.4 Å². The molecule has 1 fully saturated rings. The van der Waals surface area contributed by atoms with Crippen LogP contribution in [0.4, 0.5) is 0 Å². The summed E-state index contributed by atoms with van der Waals surface area (Å²) in [6.07, 6.45) is 5.14. The second-order valence-corrected chi connectivity index (χ2v) is 5.08. The van der Waals surface area contributed by atoms with Gasteiger partial charge < -0.3 is 4.74 Å². The minimum absolute atomic E-state index is 0.553. The van der Waals surface area contributed by atoms with Crippen LogP contribution in [-0.4, -0.2) is 30.1 Å². The minimum atomic E-state index is 0.553. The third-order valence-corrected chi connectivity index (χ3v) is 3.79. The lowest BCUT2D eigenvalue weighted by atomic mass is 9.94. The predicted octanol–water partition coefficient (Wildman–Crippen LogP) is 3.34. The van der Waals surface area contributed by atoms with E-state index >= 15 is 0 Å². The Hall–Kier alpha value is -1.09. The number of likely N-dealkylation sites (tertiary alicyclic amines) is 1. The number of nitrogens with zero attached hydrogens (tertiary/aromatic N) is 2. The molecule has 2 rings (SSSR count). The number of rotatable bonds is 4. The molecule has 1 atom stereocenters. The Kier molecular flexibility index (Phi) is 4.59. The molecule has 0 amide bonds. The van der Waals surface area contributed by atoms with Crippen LogP contribution in [0.2, 0.25) is 0 Å². The third-order valence-electron chi connectivity index (χ3n) is 3.79. The number of piperidine rings is 1. The quantitative estimate of drug-likeness (QED) is 0.817. The fraction of sp³-hybridized carbons (Fsp3) is 0.667. The highest BCUT2D eigenvalue weighted by molar-refractivity contribution is 5.28. The van der Waals surface area contributed by atoms with Gasteiger partial charge in [-0.2, -0.15) is 0 Å². The summed E-state index contributed by atoms with van der Waals surface area (Å²) < 4.78 is 5.19. The van der Waals surface area contributed by atoms with Gasteiger partial charge in [-0.3, -0.25) is 4.90 Å². The van der Waals surface area contributed by atoms with Crippen molar-refractivity contribution in [2.24, 2.45) is 0 Å². The molecule has 0 bridgehead atoms. The van der Waals surface area contributed by atoms with Gasteiger partial charge in [-0.05, 0) is 44.8 Å². The zero-order valence-electron chi connectivity index (χ0n) is 11.8. The SMILES string of the molecule is CCCN1CCCC[C@@H]1c1ccc(OC)nc1C. The van der Waals surface area contributed by atoms with Gasteiger partial charge in [-0.25, -0.2) is 4.98 Å². The molecule has 0 radical (unpaired) electrons. The van der Waals surface area contributed by atoms with Crippen molar-refractivity contribution in [2.45, 2.75) is 45.6 Å². The molecule has 1 aromatic rings. The van der Waals surface area contributed by atoms with Crippen LogP contribution in [-0.2, 0) is 0 Å². The van der Waals surface area contributed by atoms with Crippen molar-refractivity contribution in [3.63, 3.8) is 0 Å². The van der Waals surface area contributed by atoms with Crippen LogP contribution in [0, 0.1) is 6.92 Å². The summed E-state index contributed by atoms with van der Waals surface area (Å²) in [5, 5.41) is 0. The van der Waals surface area contributed by atoms with Gasteiger partial charge in [0.15, 0.2) is 0 Å². The minimum Gasteiger partial charge on any atom is -0.481 e. The van der Waals surface area contributed by atoms with Crippen molar-refractivity contribution >= 4 is 0 Å². The summed E-state index contributed by atoms with van der Waals surface area (Å²) in [7, 11) is 1.67. The number of hydrogen-bond donors (Lipinski definition) is 0. The molecule has 3 heteroatoms. The normalized spacial score (nSPS) is 20.9. The maximum Gasteiger partial charge on any atom is 0.213 e. The second-order valence-electron chi connectivity index (χ2n) is 5.08. The number of aryl methyl sites for hydroxylation is 1. The molecule has 1 saturated heterocycles. The van der Waals surface area contributed by atoms with Crippen LogP contribution in [0.5, 0.6) is 5.88 Å². The van der Waals surface area contributed by atoms with E-state index in [-0.39, 0.29) is 0 Å². The van der Waals surface area contributed by atoms with Gasteiger partial charge in [0.2, 0.25) is 5.88 Å². The lowest BCUT2D eigenvalue weighted by Crippen LogP contribution is -2.34. The molecule has 1 aliphatic heterocycles. The van der Waals surface area contributed by atoms with Gasteiger partial charge in [0.1, 0.15) is 0 Å². The Morgan fingerprint density at radius 1 is 1.39 bits per heavy atom. The Labute approximate surface area is 110 Å². The molecule has 0 saturated carbocycles. The highest BCUT2D eigenvalue weighted by atomic mass is 16.5. The van der Waals surface area contributed by atoms with Crippen LogP contribution in [0.25, 0.3) is 0 Å². The number of aromatic nitrogens is 1. The molecular formula is C15H24N2O. The van der Waals surface area contributed by atoms with Crippen LogP contribution in [0.15, 0.2) is 12.1 Å². The Bertz CT molecular complexity index is 390.